The van der Waals surface area contributed by atoms with Gasteiger partial charge in [-0.15, -0.1) is 0 Å². The van der Waals surface area contributed by atoms with Crippen molar-refractivity contribution in [2.75, 3.05) is 6.54 Å². The minimum absolute atomic E-state index is 0.0518. The van der Waals surface area contributed by atoms with Crippen LogP contribution >= 0.6 is 0 Å². The zero-order valence-corrected chi connectivity index (χ0v) is 12.5. The average molecular weight is 274 g/mol. The Morgan fingerprint density at radius 2 is 1.90 bits per heavy atom. The summed E-state index contributed by atoms with van der Waals surface area (Å²) in [4.78, 5) is 11.7. The Kier molecular flexibility index (Phi) is 5.90. The number of hydrogen-bond acceptors (Lipinski definition) is 1. The molecule has 0 aromatic heterocycles. The van der Waals surface area contributed by atoms with Gasteiger partial charge >= 0.3 is 6.03 Å². The maximum atomic E-state index is 11.7. The van der Waals surface area contributed by atoms with E-state index in [2.05, 4.69) is 29.7 Å². The van der Waals surface area contributed by atoms with Crippen molar-refractivity contribution in [2.45, 2.75) is 52.0 Å². The summed E-state index contributed by atoms with van der Waals surface area (Å²) in [5.74, 6) is 0.820. The summed E-state index contributed by atoms with van der Waals surface area (Å²) < 4.78 is 0. The minimum atomic E-state index is -0.0518. The van der Waals surface area contributed by atoms with Crippen LogP contribution in [0.3, 0.4) is 0 Å². The summed E-state index contributed by atoms with van der Waals surface area (Å²) in [7, 11) is 0. The summed E-state index contributed by atoms with van der Waals surface area (Å²) in [5, 5.41) is 5.90. The number of urea groups is 1. The molecule has 1 aliphatic rings. The highest BCUT2D eigenvalue weighted by molar-refractivity contribution is 5.73. The first-order chi connectivity index (χ1) is 9.75. The average Bonchev–Trinajstić information content (AvgIpc) is 2.47. The third-order valence-electron chi connectivity index (χ3n) is 4.26. The summed E-state index contributed by atoms with van der Waals surface area (Å²) in [6.07, 6.45) is 7.92. The van der Waals surface area contributed by atoms with E-state index in [4.69, 9.17) is 0 Å². The molecule has 0 aliphatic heterocycles. The van der Waals surface area contributed by atoms with Gasteiger partial charge in [-0.1, -0.05) is 56.4 Å². The van der Waals surface area contributed by atoms with Gasteiger partial charge in [0.25, 0.3) is 0 Å². The molecule has 1 aromatic rings. The van der Waals surface area contributed by atoms with Crippen LogP contribution in [0.1, 0.15) is 49.7 Å². The van der Waals surface area contributed by atoms with E-state index in [1.54, 1.807) is 0 Å². The molecule has 1 fully saturated rings. The Labute approximate surface area is 122 Å². The Hall–Kier alpha value is -1.51. The highest BCUT2D eigenvalue weighted by atomic mass is 16.2. The Morgan fingerprint density at radius 3 is 2.65 bits per heavy atom. The molecule has 0 heterocycles. The summed E-state index contributed by atoms with van der Waals surface area (Å²) in [6.45, 7) is 3.46. The first-order valence-corrected chi connectivity index (χ1v) is 7.82. The van der Waals surface area contributed by atoms with E-state index in [0.29, 0.717) is 6.54 Å². The lowest BCUT2D eigenvalue weighted by atomic mass is 9.87. The van der Waals surface area contributed by atoms with Crippen molar-refractivity contribution in [1.82, 2.24) is 10.6 Å². The number of carbonyl (C=O) groups excluding carboxylic acids is 1. The van der Waals surface area contributed by atoms with E-state index in [1.807, 2.05) is 12.1 Å². The van der Waals surface area contributed by atoms with Gasteiger partial charge in [-0.25, -0.2) is 4.79 Å². The molecule has 1 saturated carbocycles. The van der Waals surface area contributed by atoms with E-state index in [9.17, 15) is 4.79 Å². The molecule has 2 rings (SSSR count). The fourth-order valence-electron chi connectivity index (χ4n) is 2.91. The first-order valence-electron chi connectivity index (χ1n) is 7.82. The number of rotatable bonds is 5. The van der Waals surface area contributed by atoms with Crippen LogP contribution in [0.4, 0.5) is 4.79 Å². The van der Waals surface area contributed by atoms with Gasteiger partial charge in [0.2, 0.25) is 0 Å². The van der Waals surface area contributed by atoms with E-state index >= 15 is 0 Å². The molecule has 0 saturated heterocycles. The lowest BCUT2D eigenvalue weighted by Crippen LogP contribution is -2.36. The number of benzene rings is 1. The SMILES string of the molecule is Cc1ccccc1CNC(=O)NCCC1CCCCC1. The smallest absolute Gasteiger partial charge is 0.315 e. The highest BCUT2D eigenvalue weighted by Crippen LogP contribution is 2.25. The number of nitrogens with one attached hydrogen (secondary N) is 2. The van der Waals surface area contributed by atoms with E-state index in [0.717, 1.165) is 18.9 Å². The van der Waals surface area contributed by atoms with Crippen LogP contribution in [-0.2, 0) is 6.54 Å². The molecule has 20 heavy (non-hydrogen) atoms. The zero-order chi connectivity index (χ0) is 14.2. The Bertz CT molecular complexity index is 425. The maximum absolute atomic E-state index is 11.7. The van der Waals surface area contributed by atoms with Gasteiger partial charge in [0.1, 0.15) is 0 Å². The molecule has 0 spiro atoms. The monoisotopic (exact) mass is 274 g/mol. The summed E-state index contributed by atoms with van der Waals surface area (Å²) >= 11 is 0. The van der Waals surface area contributed by atoms with E-state index in [1.165, 1.54) is 43.2 Å². The summed E-state index contributed by atoms with van der Waals surface area (Å²) in [5.41, 5.74) is 2.39. The number of aryl methyl sites for hydroxylation is 1. The quantitative estimate of drug-likeness (QED) is 0.843. The van der Waals surface area contributed by atoms with Crippen LogP contribution in [0.15, 0.2) is 24.3 Å². The molecular weight excluding hydrogens is 248 g/mol. The molecule has 3 heteroatoms. The van der Waals surface area contributed by atoms with Gasteiger partial charge in [-0.2, -0.15) is 0 Å². The molecule has 1 aliphatic carbocycles. The second-order valence-corrected chi connectivity index (χ2v) is 5.83. The van der Waals surface area contributed by atoms with Gasteiger partial charge < -0.3 is 10.6 Å². The fraction of sp³-hybridized carbons (Fsp3) is 0.588. The molecule has 2 amide bonds. The molecule has 0 bridgehead atoms. The molecule has 0 radical (unpaired) electrons. The number of amides is 2. The van der Waals surface area contributed by atoms with Gasteiger partial charge in [0, 0.05) is 13.1 Å². The number of carbonyl (C=O) groups is 1. The van der Waals surface area contributed by atoms with Gasteiger partial charge in [0.05, 0.1) is 0 Å². The fourth-order valence-corrected chi connectivity index (χ4v) is 2.91. The first kappa shape index (κ1) is 14.9. The standard InChI is InChI=1S/C17H26N2O/c1-14-7-5-6-10-16(14)13-19-17(20)18-12-11-15-8-3-2-4-9-15/h5-7,10,15H,2-4,8-9,11-13H2,1H3,(H2,18,19,20). The van der Waals surface area contributed by atoms with Gasteiger partial charge in [-0.3, -0.25) is 0 Å². The van der Waals surface area contributed by atoms with Crippen molar-refractivity contribution in [3.05, 3.63) is 35.4 Å². The second kappa shape index (κ2) is 7.93. The third kappa shape index (κ3) is 4.87. The molecule has 3 nitrogen and oxygen atoms in total. The van der Waals surface area contributed by atoms with Crippen molar-refractivity contribution in [3.8, 4) is 0 Å². The van der Waals surface area contributed by atoms with E-state index in [-0.39, 0.29) is 6.03 Å². The van der Waals surface area contributed by atoms with E-state index < -0.39 is 0 Å². The largest absolute Gasteiger partial charge is 0.338 e. The molecule has 1 aromatic carbocycles. The highest BCUT2D eigenvalue weighted by Gasteiger charge is 2.13. The molecule has 110 valence electrons. The zero-order valence-electron chi connectivity index (χ0n) is 12.5. The van der Waals surface area contributed by atoms with Crippen LogP contribution in [0.5, 0.6) is 0 Å². The van der Waals surface area contributed by atoms with Crippen LogP contribution < -0.4 is 10.6 Å². The minimum Gasteiger partial charge on any atom is -0.338 e. The van der Waals surface area contributed by atoms with Crippen molar-refractivity contribution in [2.24, 2.45) is 5.92 Å². The summed E-state index contributed by atoms with van der Waals surface area (Å²) in [6, 6.07) is 8.09. The van der Waals surface area contributed by atoms with Crippen LogP contribution in [0, 0.1) is 12.8 Å². The number of hydrogen-bond donors (Lipinski definition) is 2. The molecule has 2 N–H and O–H groups in total. The van der Waals surface area contributed by atoms with Gasteiger partial charge in [0.15, 0.2) is 0 Å². The normalized spacial score (nSPS) is 15.8. The lowest BCUT2D eigenvalue weighted by Gasteiger charge is -2.21. The second-order valence-electron chi connectivity index (χ2n) is 5.83. The van der Waals surface area contributed by atoms with Crippen molar-refractivity contribution in [3.63, 3.8) is 0 Å². The predicted molar refractivity (Wildman–Crippen MR) is 82.6 cm³/mol. The predicted octanol–water partition coefficient (Wildman–Crippen LogP) is 3.76. The topological polar surface area (TPSA) is 41.1 Å². The van der Waals surface area contributed by atoms with Crippen LogP contribution in [0.25, 0.3) is 0 Å². The molecule has 0 unspecified atom stereocenters. The molecule has 0 atom stereocenters. The lowest BCUT2D eigenvalue weighted by molar-refractivity contribution is 0.238. The maximum Gasteiger partial charge on any atom is 0.315 e. The van der Waals surface area contributed by atoms with Gasteiger partial charge in [-0.05, 0) is 30.4 Å². The van der Waals surface area contributed by atoms with Crippen molar-refractivity contribution in [1.29, 1.82) is 0 Å². The van der Waals surface area contributed by atoms with Crippen molar-refractivity contribution < 1.29 is 4.79 Å². The molecular formula is C17H26N2O. The van der Waals surface area contributed by atoms with Crippen molar-refractivity contribution >= 4 is 6.03 Å². The van der Waals surface area contributed by atoms with Crippen LogP contribution in [0.2, 0.25) is 0 Å². The van der Waals surface area contributed by atoms with Crippen LogP contribution in [-0.4, -0.2) is 12.6 Å². The third-order valence-corrected chi connectivity index (χ3v) is 4.26. The Balaban J connectivity index is 1.62. The Morgan fingerprint density at radius 1 is 1.15 bits per heavy atom.